The molecule has 0 fully saturated rings. The highest BCUT2D eigenvalue weighted by molar-refractivity contribution is 7.92. The number of hydrogen-bond acceptors (Lipinski definition) is 5. The van der Waals surface area contributed by atoms with Crippen molar-refractivity contribution in [2.24, 2.45) is 0 Å². The number of likely N-dealkylation sites (N-methyl/N-ethyl adjacent to an activating group) is 1. The first kappa shape index (κ1) is 32.9. The minimum absolute atomic E-state index is 0.00837. The third-order valence-corrected chi connectivity index (χ3v) is 9.31. The first-order chi connectivity index (χ1) is 21.1. The van der Waals surface area contributed by atoms with Gasteiger partial charge in [-0.2, -0.15) is 0 Å². The van der Waals surface area contributed by atoms with Gasteiger partial charge in [-0.05, 0) is 79.6 Å². The summed E-state index contributed by atoms with van der Waals surface area (Å²) in [5, 5.41) is 3.43. The van der Waals surface area contributed by atoms with Crippen LogP contribution >= 0.6 is 23.2 Å². The quantitative estimate of drug-likeness (QED) is 0.169. The summed E-state index contributed by atoms with van der Waals surface area (Å²) in [6.45, 7) is 3.39. The molecule has 11 heteroatoms. The van der Waals surface area contributed by atoms with Crippen LogP contribution in [0.25, 0.3) is 0 Å². The summed E-state index contributed by atoms with van der Waals surface area (Å²) in [6.07, 6.45) is 0.301. The number of nitrogens with one attached hydrogen (secondary N) is 1. The number of hydrogen-bond donors (Lipinski definition) is 1. The second kappa shape index (κ2) is 15.1. The number of carbonyl (C=O) groups is 2. The van der Waals surface area contributed by atoms with Crippen LogP contribution in [-0.2, 0) is 26.2 Å². The van der Waals surface area contributed by atoms with Crippen LogP contribution in [0, 0.1) is 0 Å². The highest BCUT2D eigenvalue weighted by Crippen LogP contribution is 2.29. The van der Waals surface area contributed by atoms with Gasteiger partial charge in [0.15, 0.2) is 0 Å². The van der Waals surface area contributed by atoms with Crippen molar-refractivity contribution in [2.45, 2.75) is 37.8 Å². The van der Waals surface area contributed by atoms with Crippen LogP contribution in [0.2, 0.25) is 10.0 Å². The fourth-order valence-corrected chi connectivity index (χ4v) is 6.36. The Bertz CT molecular complexity index is 1670. The standard InChI is InChI=1S/C33H33Cl2N3O5S/c1-3-31(33(40)36-4-2)37(22-24-15-20-29(34)30(35)21-24)32(39)23-38(44(41,42)28-13-9-6-10-14-28)25-16-18-27(19-17-25)43-26-11-7-5-8-12-26/h5-21,31H,3-4,22-23H2,1-2H3,(H,36,40)/t31-/m1/s1. The molecule has 230 valence electrons. The first-order valence-corrected chi connectivity index (χ1v) is 16.3. The van der Waals surface area contributed by atoms with Crippen molar-refractivity contribution in [1.82, 2.24) is 10.2 Å². The Kier molecular flexibility index (Phi) is 11.3. The summed E-state index contributed by atoms with van der Waals surface area (Å²) in [6, 6.07) is 27.6. The molecule has 1 N–H and O–H groups in total. The number of amides is 2. The molecular weight excluding hydrogens is 621 g/mol. The van der Waals surface area contributed by atoms with Gasteiger partial charge >= 0.3 is 0 Å². The lowest BCUT2D eigenvalue weighted by Gasteiger charge is -2.33. The molecule has 0 spiro atoms. The molecule has 4 aromatic carbocycles. The summed E-state index contributed by atoms with van der Waals surface area (Å²) in [5.74, 6) is 0.201. The summed E-state index contributed by atoms with van der Waals surface area (Å²) in [4.78, 5) is 28.6. The fraction of sp³-hybridized carbons (Fsp3) is 0.212. The van der Waals surface area contributed by atoms with Crippen molar-refractivity contribution in [1.29, 1.82) is 0 Å². The van der Waals surface area contributed by atoms with E-state index in [0.717, 1.165) is 4.31 Å². The fourth-order valence-electron chi connectivity index (χ4n) is 4.60. The van der Waals surface area contributed by atoms with Gasteiger partial charge in [0.25, 0.3) is 10.0 Å². The van der Waals surface area contributed by atoms with Crippen LogP contribution in [0.4, 0.5) is 5.69 Å². The van der Waals surface area contributed by atoms with E-state index in [2.05, 4.69) is 5.32 Å². The van der Waals surface area contributed by atoms with Gasteiger partial charge in [0, 0.05) is 13.1 Å². The molecule has 0 aliphatic carbocycles. The number of rotatable bonds is 13. The molecule has 0 aromatic heterocycles. The van der Waals surface area contributed by atoms with Crippen molar-refractivity contribution in [3.8, 4) is 11.5 Å². The van der Waals surface area contributed by atoms with E-state index < -0.39 is 28.5 Å². The van der Waals surface area contributed by atoms with E-state index in [9.17, 15) is 18.0 Å². The zero-order chi connectivity index (χ0) is 31.7. The maximum absolute atomic E-state index is 14.1. The molecule has 8 nitrogen and oxygen atoms in total. The molecule has 0 radical (unpaired) electrons. The average molecular weight is 655 g/mol. The Morgan fingerprint density at radius 1 is 0.818 bits per heavy atom. The summed E-state index contributed by atoms with van der Waals surface area (Å²) in [7, 11) is -4.20. The molecule has 0 bridgehead atoms. The summed E-state index contributed by atoms with van der Waals surface area (Å²) >= 11 is 12.3. The second-order valence-electron chi connectivity index (χ2n) is 9.82. The van der Waals surface area contributed by atoms with Crippen LogP contribution in [-0.4, -0.2) is 44.3 Å². The molecule has 4 aromatic rings. The Morgan fingerprint density at radius 2 is 1.43 bits per heavy atom. The van der Waals surface area contributed by atoms with Gasteiger partial charge in [0.1, 0.15) is 24.1 Å². The molecule has 0 aliphatic rings. The van der Waals surface area contributed by atoms with Crippen LogP contribution in [0.15, 0.2) is 108 Å². The molecule has 0 saturated carbocycles. The van der Waals surface area contributed by atoms with Crippen molar-refractivity contribution in [2.75, 3.05) is 17.4 Å². The van der Waals surface area contributed by atoms with Crippen molar-refractivity contribution < 1.29 is 22.7 Å². The van der Waals surface area contributed by atoms with Gasteiger partial charge < -0.3 is 15.0 Å². The molecule has 1 atom stereocenters. The Balaban J connectivity index is 1.72. The van der Waals surface area contributed by atoms with Gasteiger partial charge in [-0.3, -0.25) is 13.9 Å². The normalized spacial score (nSPS) is 11.8. The molecular formula is C33H33Cl2N3O5S. The van der Waals surface area contributed by atoms with Crippen molar-refractivity contribution in [3.63, 3.8) is 0 Å². The van der Waals surface area contributed by atoms with Crippen molar-refractivity contribution in [3.05, 3.63) is 119 Å². The molecule has 44 heavy (non-hydrogen) atoms. The Morgan fingerprint density at radius 3 is 2.02 bits per heavy atom. The number of benzene rings is 4. The zero-order valence-electron chi connectivity index (χ0n) is 24.3. The van der Waals surface area contributed by atoms with Gasteiger partial charge in [-0.15, -0.1) is 0 Å². The molecule has 0 saturated heterocycles. The topological polar surface area (TPSA) is 96.0 Å². The molecule has 4 rings (SSSR count). The lowest BCUT2D eigenvalue weighted by atomic mass is 10.1. The minimum Gasteiger partial charge on any atom is -0.457 e. The van der Waals surface area contributed by atoms with Gasteiger partial charge in [-0.1, -0.05) is 72.6 Å². The number of sulfonamides is 1. The Hall–Kier alpha value is -4.05. The van der Waals surface area contributed by atoms with Gasteiger partial charge in [0.2, 0.25) is 11.8 Å². The summed E-state index contributed by atoms with van der Waals surface area (Å²) in [5.41, 5.74) is 0.888. The van der Waals surface area contributed by atoms with Gasteiger partial charge in [0.05, 0.1) is 20.6 Å². The number of anilines is 1. The van der Waals surface area contributed by atoms with E-state index in [-0.39, 0.29) is 23.0 Å². The predicted molar refractivity (Wildman–Crippen MR) is 174 cm³/mol. The molecule has 0 unspecified atom stereocenters. The Labute approximate surface area is 268 Å². The minimum atomic E-state index is -4.20. The van der Waals surface area contributed by atoms with Gasteiger partial charge in [-0.25, -0.2) is 8.42 Å². The average Bonchev–Trinajstić information content (AvgIpc) is 3.03. The number of carbonyl (C=O) groups excluding carboxylic acids is 2. The second-order valence-corrected chi connectivity index (χ2v) is 12.5. The first-order valence-electron chi connectivity index (χ1n) is 14.1. The lowest BCUT2D eigenvalue weighted by Crippen LogP contribution is -2.52. The van der Waals surface area contributed by atoms with Crippen LogP contribution in [0.3, 0.4) is 0 Å². The van der Waals surface area contributed by atoms with Crippen LogP contribution in [0.5, 0.6) is 11.5 Å². The maximum Gasteiger partial charge on any atom is 0.264 e. The third kappa shape index (κ3) is 8.11. The van der Waals surface area contributed by atoms with Crippen LogP contribution < -0.4 is 14.4 Å². The summed E-state index contributed by atoms with van der Waals surface area (Å²) < 4.78 is 34.9. The van der Waals surface area contributed by atoms with E-state index in [1.807, 2.05) is 18.2 Å². The lowest BCUT2D eigenvalue weighted by molar-refractivity contribution is -0.140. The zero-order valence-corrected chi connectivity index (χ0v) is 26.6. The van der Waals surface area contributed by atoms with E-state index in [4.69, 9.17) is 27.9 Å². The largest absolute Gasteiger partial charge is 0.457 e. The number of ether oxygens (including phenoxy) is 1. The van der Waals surface area contributed by atoms with E-state index in [1.54, 1.807) is 86.6 Å². The van der Waals surface area contributed by atoms with Crippen molar-refractivity contribution >= 4 is 50.7 Å². The SMILES string of the molecule is CCNC(=O)[C@@H](CC)N(Cc1ccc(Cl)c(Cl)c1)C(=O)CN(c1ccc(Oc2ccccc2)cc1)S(=O)(=O)c1ccccc1. The monoisotopic (exact) mass is 653 g/mol. The van der Waals surface area contributed by atoms with E-state index in [0.29, 0.717) is 40.1 Å². The number of nitrogens with zero attached hydrogens (tertiary/aromatic N) is 2. The van der Waals surface area contributed by atoms with E-state index >= 15 is 0 Å². The maximum atomic E-state index is 14.1. The highest BCUT2D eigenvalue weighted by Gasteiger charge is 2.33. The highest BCUT2D eigenvalue weighted by atomic mass is 35.5. The molecule has 0 heterocycles. The predicted octanol–water partition coefficient (Wildman–Crippen LogP) is 6.92. The molecule has 0 aliphatic heterocycles. The smallest absolute Gasteiger partial charge is 0.264 e. The third-order valence-electron chi connectivity index (χ3n) is 6.79. The molecule has 2 amide bonds. The van der Waals surface area contributed by atoms with E-state index in [1.165, 1.54) is 17.0 Å². The number of para-hydroxylation sites is 1. The van der Waals surface area contributed by atoms with Crippen LogP contribution in [0.1, 0.15) is 25.8 Å². The number of halogens is 2.